The highest BCUT2D eigenvalue weighted by Gasteiger charge is 2.29. The van der Waals surface area contributed by atoms with Gasteiger partial charge in [0.2, 0.25) is 5.91 Å². The lowest BCUT2D eigenvalue weighted by molar-refractivity contribution is -0.122. The van der Waals surface area contributed by atoms with Crippen molar-refractivity contribution in [3.63, 3.8) is 0 Å². The number of aromatic nitrogens is 1. The van der Waals surface area contributed by atoms with Gasteiger partial charge in [-0.2, -0.15) is 5.10 Å². The standard InChI is InChI=1S/C23H25N3O/c1-23(2,3)16-11-9-15(10-12-16)20-13-18(22(27)25-24-20)19-14-26(4)21-8-6-5-7-17(19)21/h5-12,14,18H,13H2,1-4H3,(H,25,27)/t18-/m0/s1. The van der Waals surface area contributed by atoms with Gasteiger partial charge < -0.3 is 4.57 Å². The highest BCUT2D eigenvalue weighted by molar-refractivity contribution is 6.07. The fourth-order valence-corrected chi connectivity index (χ4v) is 3.78. The van der Waals surface area contributed by atoms with Gasteiger partial charge in [-0.05, 0) is 28.2 Å². The molecule has 4 nitrogen and oxygen atoms in total. The van der Waals surface area contributed by atoms with Crippen LogP contribution in [0.3, 0.4) is 0 Å². The number of aryl methyl sites for hydroxylation is 1. The van der Waals surface area contributed by atoms with Gasteiger partial charge >= 0.3 is 0 Å². The number of rotatable bonds is 2. The Labute approximate surface area is 159 Å². The number of nitrogens with zero attached hydrogens (tertiary/aromatic N) is 2. The second kappa shape index (κ2) is 6.38. The molecule has 1 aliphatic heterocycles. The summed E-state index contributed by atoms with van der Waals surface area (Å²) < 4.78 is 2.08. The van der Waals surface area contributed by atoms with Crippen LogP contribution in [0.1, 0.15) is 49.8 Å². The van der Waals surface area contributed by atoms with Gasteiger partial charge in [0.1, 0.15) is 0 Å². The summed E-state index contributed by atoms with van der Waals surface area (Å²) in [7, 11) is 2.02. The zero-order chi connectivity index (χ0) is 19.2. The Morgan fingerprint density at radius 2 is 1.78 bits per heavy atom. The van der Waals surface area contributed by atoms with E-state index in [0.717, 1.165) is 27.7 Å². The Morgan fingerprint density at radius 1 is 1.07 bits per heavy atom. The van der Waals surface area contributed by atoms with E-state index in [1.54, 1.807) is 0 Å². The molecule has 0 fully saturated rings. The molecule has 1 aromatic heterocycles. The van der Waals surface area contributed by atoms with E-state index in [-0.39, 0.29) is 17.2 Å². The van der Waals surface area contributed by atoms with E-state index in [9.17, 15) is 4.79 Å². The zero-order valence-corrected chi connectivity index (χ0v) is 16.3. The van der Waals surface area contributed by atoms with Crippen LogP contribution in [-0.4, -0.2) is 16.2 Å². The summed E-state index contributed by atoms with van der Waals surface area (Å²) in [6.07, 6.45) is 2.68. The predicted molar refractivity (Wildman–Crippen MR) is 110 cm³/mol. The lowest BCUT2D eigenvalue weighted by Gasteiger charge is -2.23. The minimum Gasteiger partial charge on any atom is -0.350 e. The number of carbonyl (C=O) groups is 1. The monoisotopic (exact) mass is 359 g/mol. The maximum absolute atomic E-state index is 12.6. The number of hydrazone groups is 1. The van der Waals surface area contributed by atoms with Crippen LogP contribution in [0.2, 0.25) is 0 Å². The highest BCUT2D eigenvalue weighted by Crippen LogP contribution is 2.32. The highest BCUT2D eigenvalue weighted by atomic mass is 16.2. The first-order valence-electron chi connectivity index (χ1n) is 9.36. The summed E-state index contributed by atoms with van der Waals surface area (Å²) in [5, 5.41) is 5.47. The maximum atomic E-state index is 12.6. The first-order chi connectivity index (χ1) is 12.8. The zero-order valence-electron chi connectivity index (χ0n) is 16.3. The largest absolute Gasteiger partial charge is 0.350 e. The molecule has 0 bridgehead atoms. The molecular formula is C23H25N3O. The van der Waals surface area contributed by atoms with E-state index in [1.165, 1.54) is 5.56 Å². The number of fused-ring (bicyclic) bond motifs is 1. The van der Waals surface area contributed by atoms with Crippen molar-refractivity contribution in [3.05, 3.63) is 71.4 Å². The number of carbonyl (C=O) groups excluding carboxylic acids is 1. The Hall–Kier alpha value is -2.88. The van der Waals surface area contributed by atoms with E-state index >= 15 is 0 Å². The number of nitrogens with one attached hydrogen (secondary N) is 1. The topological polar surface area (TPSA) is 46.4 Å². The first-order valence-corrected chi connectivity index (χ1v) is 9.36. The van der Waals surface area contributed by atoms with Crippen molar-refractivity contribution in [1.82, 2.24) is 9.99 Å². The van der Waals surface area contributed by atoms with Gasteiger partial charge in [0.25, 0.3) is 0 Å². The third kappa shape index (κ3) is 3.16. The fourth-order valence-electron chi connectivity index (χ4n) is 3.78. The van der Waals surface area contributed by atoms with Gasteiger partial charge in [-0.15, -0.1) is 0 Å². The molecule has 27 heavy (non-hydrogen) atoms. The van der Waals surface area contributed by atoms with Crippen LogP contribution in [0.25, 0.3) is 10.9 Å². The van der Waals surface area contributed by atoms with Gasteiger partial charge in [-0.3, -0.25) is 4.79 Å². The lowest BCUT2D eigenvalue weighted by Crippen LogP contribution is -2.33. The van der Waals surface area contributed by atoms with Crippen molar-refractivity contribution in [2.75, 3.05) is 0 Å². The average Bonchev–Trinajstić information content (AvgIpc) is 2.99. The molecule has 2 heterocycles. The summed E-state index contributed by atoms with van der Waals surface area (Å²) in [4.78, 5) is 12.6. The van der Waals surface area contributed by atoms with Crippen molar-refractivity contribution >= 4 is 22.5 Å². The van der Waals surface area contributed by atoms with Crippen LogP contribution in [0.4, 0.5) is 0 Å². The molecule has 0 spiro atoms. The van der Waals surface area contributed by atoms with Gasteiger partial charge in [-0.25, -0.2) is 5.43 Å². The van der Waals surface area contributed by atoms with Crippen molar-refractivity contribution in [3.8, 4) is 0 Å². The fraction of sp³-hybridized carbons (Fsp3) is 0.304. The number of hydrogen-bond acceptors (Lipinski definition) is 2. The Balaban J connectivity index is 1.68. The smallest absolute Gasteiger partial charge is 0.248 e. The maximum Gasteiger partial charge on any atom is 0.248 e. The van der Waals surface area contributed by atoms with Gasteiger partial charge in [0.05, 0.1) is 11.6 Å². The molecule has 1 amide bonds. The van der Waals surface area contributed by atoms with Gasteiger partial charge in [-0.1, -0.05) is 63.2 Å². The van der Waals surface area contributed by atoms with Gasteiger partial charge in [0, 0.05) is 30.6 Å². The molecule has 2 aromatic carbocycles. The van der Waals surface area contributed by atoms with Crippen molar-refractivity contribution in [1.29, 1.82) is 0 Å². The quantitative estimate of drug-likeness (QED) is 0.720. The molecule has 0 radical (unpaired) electrons. The molecule has 0 saturated carbocycles. The molecule has 0 aliphatic carbocycles. The minimum absolute atomic E-state index is 0.0404. The molecular weight excluding hydrogens is 334 g/mol. The average molecular weight is 359 g/mol. The minimum atomic E-state index is -0.231. The summed E-state index contributed by atoms with van der Waals surface area (Å²) in [5.74, 6) is -0.271. The summed E-state index contributed by atoms with van der Waals surface area (Å²) in [6, 6.07) is 16.7. The molecule has 3 aromatic rings. The lowest BCUT2D eigenvalue weighted by atomic mass is 9.85. The number of hydrogen-bond donors (Lipinski definition) is 1. The Kier molecular flexibility index (Phi) is 4.14. The normalized spacial score (nSPS) is 17.7. The van der Waals surface area contributed by atoms with Crippen molar-refractivity contribution in [2.24, 2.45) is 12.1 Å². The molecule has 1 N–H and O–H groups in total. The molecule has 1 aliphatic rings. The second-order valence-electron chi connectivity index (χ2n) is 8.33. The Morgan fingerprint density at radius 3 is 2.48 bits per heavy atom. The first kappa shape index (κ1) is 17.5. The van der Waals surface area contributed by atoms with E-state index in [0.29, 0.717) is 6.42 Å². The van der Waals surface area contributed by atoms with E-state index in [2.05, 4.69) is 78.5 Å². The summed E-state index contributed by atoms with van der Waals surface area (Å²) in [6.45, 7) is 6.62. The number of amides is 1. The molecule has 0 unspecified atom stereocenters. The molecule has 4 rings (SSSR count). The van der Waals surface area contributed by atoms with Crippen LogP contribution in [0.5, 0.6) is 0 Å². The SMILES string of the molecule is Cn1cc([C@@H]2CC(c3ccc(C(C)(C)C)cc3)=NNC2=O)c2ccccc21. The second-order valence-corrected chi connectivity index (χ2v) is 8.33. The van der Waals surface area contributed by atoms with E-state index < -0.39 is 0 Å². The molecule has 4 heteroatoms. The number of para-hydroxylation sites is 1. The molecule has 138 valence electrons. The summed E-state index contributed by atoms with van der Waals surface area (Å²) >= 11 is 0. The Bertz CT molecular complexity index is 1040. The third-order valence-electron chi connectivity index (χ3n) is 5.40. The number of benzene rings is 2. The van der Waals surface area contributed by atoms with E-state index in [4.69, 9.17) is 0 Å². The van der Waals surface area contributed by atoms with Crippen molar-refractivity contribution < 1.29 is 4.79 Å². The van der Waals surface area contributed by atoms with Crippen molar-refractivity contribution in [2.45, 2.75) is 38.5 Å². The van der Waals surface area contributed by atoms with Crippen LogP contribution < -0.4 is 5.43 Å². The summed E-state index contributed by atoms with van der Waals surface area (Å²) in [5.41, 5.74) is 8.33. The van der Waals surface area contributed by atoms with Crippen LogP contribution in [-0.2, 0) is 17.3 Å². The third-order valence-corrected chi connectivity index (χ3v) is 5.40. The molecule has 1 atom stereocenters. The van der Waals surface area contributed by atoms with Gasteiger partial charge in [0.15, 0.2) is 0 Å². The molecule has 0 saturated heterocycles. The van der Waals surface area contributed by atoms with Crippen LogP contribution in [0.15, 0.2) is 59.8 Å². The van der Waals surface area contributed by atoms with E-state index in [1.807, 2.05) is 19.2 Å². The predicted octanol–water partition coefficient (Wildman–Crippen LogP) is 4.48. The van der Waals surface area contributed by atoms with Crippen LogP contribution in [0, 0.1) is 0 Å². The van der Waals surface area contributed by atoms with Crippen LogP contribution >= 0.6 is 0 Å².